The van der Waals surface area contributed by atoms with Crippen molar-refractivity contribution < 1.29 is 18.3 Å². The van der Waals surface area contributed by atoms with Crippen molar-refractivity contribution >= 4 is 10.8 Å². The SMILES string of the molecule is OC(c1ccc(C(F)(F)F)c2ccccc12)C1CCNCC1. The van der Waals surface area contributed by atoms with Gasteiger partial charge in [0.25, 0.3) is 0 Å². The van der Waals surface area contributed by atoms with Crippen LogP contribution >= 0.6 is 0 Å². The lowest BCUT2D eigenvalue weighted by molar-refractivity contribution is -0.136. The van der Waals surface area contributed by atoms with Crippen molar-refractivity contribution in [3.05, 3.63) is 47.5 Å². The van der Waals surface area contributed by atoms with Gasteiger partial charge in [0, 0.05) is 0 Å². The summed E-state index contributed by atoms with van der Waals surface area (Å²) in [5.74, 6) is 0.0846. The summed E-state index contributed by atoms with van der Waals surface area (Å²) in [5, 5.41) is 14.5. The number of hydrogen-bond donors (Lipinski definition) is 2. The number of halogens is 3. The van der Waals surface area contributed by atoms with Crippen LogP contribution in [0.2, 0.25) is 0 Å². The van der Waals surface area contributed by atoms with E-state index in [0.29, 0.717) is 10.9 Å². The van der Waals surface area contributed by atoms with Crippen LogP contribution in [0.25, 0.3) is 10.8 Å². The summed E-state index contributed by atoms with van der Waals surface area (Å²) in [6, 6.07) is 8.94. The molecule has 2 aromatic carbocycles. The van der Waals surface area contributed by atoms with Crippen molar-refractivity contribution in [3.63, 3.8) is 0 Å². The molecule has 1 atom stereocenters. The lowest BCUT2D eigenvalue weighted by Gasteiger charge is -2.28. The van der Waals surface area contributed by atoms with E-state index in [0.717, 1.165) is 32.0 Å². The minimum absolute atomic E-state index is 0.0846. The first-order chi connectivity index (χ1) is 10.5. The largest absolute Gasteiger partial charge is 0.417 e. The van der Waals surface area contributed by atoms with E-state index in [4.69, 9.17) is 0 Å². The highest BCUT2D eigenvalue weighted by Gasteiger charge is 2.33. The van der Waals surface area contributed by atoms with Gasteiger partial charge in [-0.3, -0.25) is 0 Å². The molecule has 0 radical (unpaired) electrons. The summed E-state index contributed by atoms with van der Waals surface area (Å²) in [7, 11) is 0. The Morgan fingerprint density at radius 2 is 1.64 bits per heavy atom. The van der Waals surface area contributed by atoms with Gasteiger partial charge in [-0.1, -0.05) is 30.3 Å². The number of rotatable bonds is 2. The first-order valence-electron chi connectivity index (χ1n) is 7.46. The molecule has 0 spiro atoms. The van der Waals surface area contributed by atoms with Crippen LogP contribution in [-0.4, -0.2) is 18.2 Å². The summed E-state index contributed by atoms with van der Waals surface area (Å²) < 4.78 is 39.4. The number of aliphatic hydroxyl groups is 1. The minimum atomic E-state index is -4.39. The van der Waals surface area contributed by atoms with Crippen LogP contribution in [0.15, 0.2) is 36.4 Å². The topological polar surface area (TPSA) is 32.3 Å². The summed E-state index contributed by atoms with van der Waals surface area (Å²) >= 11 is 0. The van der Waals surface area contributed by atoms with Crippen LogP contribution in [0.4, 0.5) is 13.2 Å². The monoisotopic (exact) mass is 309 g/mol. The van der Waals surface area contributed by atoms with Gasteiger partial charge in [0.05, 0.1) is 11.7 Å². The molecule has 1 saturated heterocycles. The second-order valence-corrected chi connectivity index (χ2v) is 5.78. The Hall–Kier alpha value is -1.59. The second-order valence-electron chi connectivity index (χ2n) is 5.78. The van der Waals surface area contributed by atoms with Crippen LogP contribution < -0.4 is 5.32 Å². The molecule has 0 saturated carbocycles. The molecule has 2 aromatic rings. The third kappa shape index (κ3) is 2.83. The van der Waals surface area contributed by atoms with Gasteiger partial charge < -0.3 is 10.4 Å². The van der Waals surface area contributed by atoms with Gasteiger partial charge in [0.1, 0.15) is 0 Å². The van der Waals surface area contributed by atoms with E-state index >= 15 is 0 Å². The van der Waals surface area contributed by atoms with E-state index in [2.05, 4.69) is 5.32 Å². The Morgan fingerprint density at radius 1 is 1.00 bits per heavy atom. The van der Waals surface area contributed by atoms with E-state index in [1.165, 1.54) is 12.1 Å². The molecule has 22 heavy (non-hydrogen) atoms. The number of benzene rings is 2. The molecule has 1 heterocycles. The van der Waals surface area contributed by atoms with E-state index in [-0.39, 0.29) is 11.3 Å². The highest BCUT2D eigenvalue weighted by Crippen LogP contribution is 2.39. The normalized spacial score (nSPS) is 18.5. The van der Waals surface area contributed by atoms with Gasteiger partial charge in [-0.05, 0) is 54.3 Å². The van der Waals surface area contributed by atoms with Gasteiger partial charge in [-0.2, -0.15) is 13.2 Å². The third-order valence-corrected chi connectivity index (χ3v) is 4.41. The average molecular weight is 309 g/mol. The molecule has 2 N–H and O–H groups in total. The number of aliphatic hydroxyl groups excluding tert-OH is 1. The third-order valence-electron chi connectivity index (χ3n) is 4.41. The van der Waals surface area contributed by atoms with Crippen molar-refractivity contribution in [3.8, 4) is 0 Å². The molecule has 118 valence electrons. The summed E-state index contributed by atoms with van der Waals surface area (Å²) in [6.45, 7) is 1.67. The molecule has 0 amide bonds. The number of hydrogen-bond acceptors (Lipinski definition) is 2. The molecule has 0 bridgehead atoms. The number of piperidine rings is 1. The molecule has 1 aliphatic heterocycles. The fourth-order valence-electron chi connectivity index (χ4n) is 3.24. The summed E-state index contributed by atoms with van der Waals surface area (Å²) in [6.07, 6.45) is -3.46. The van der Waals surface area contributed by atoms with Crippen LogP contribution in [0.5, 0.6) is 0 Å². The maximum Gasteiger partial charge on any atom is 0.417 e. The van der Waals surface area contributed by atoms with Crippen LogP contribution in [0.3, 0.4) is 0 Å². The minimum Gasteiger partial charge on any atom is -0.388 e. The van der Waals surface area contributed by atoms with E-state index in [1.54, 1.807) is 18.2 Å². The fraction of sp³-hybridized carbons (Fsp3) is 0.412. The molecular formula is C17H18F3NO. The van der Waals surface area contributed by atoms with Gasteiger partial charge >= 0.3 is 6.18 Å². The van der Waals surface area contributed by atoms with Gasteiger partial charge in [-0.25, -0.2) is 0 Å². The first-order valence-corrected chi connectivity index (χ1v) is 7.46. The van der Waals surface area contributed by atoms with Gasteiger partial charge in [-0.15, -0.1) is 0 Å². The highest BCUT2D eigenvalue weighted by atomic mass is 19.4. The van der Waals surface area contributed by atoms with Gasteiger partial charge in [0.2, 0.25) is 0 Å². The Bertz CT molecular complexity index is 662. The molecular weight excluding hydrogens is 291 g/mol. The van der Waals surface area contributed by atoms with Crippen molar-refractivity contribution in [2.75, 3.05) is 13.1 Å². The number of alkyl halides is 3. The second kappa shape index (κ2) is 5.89. The Labute approximate surface area is 127 Å². The molecule has 0 aromatic heterocycles. The van der Waals surface area contributed by atoms with Crippen molar-refractivity contribution in [2.24, 2.45) is 5.92 Å². The molecule has 2 nitrogen and oxygen atoms in total. The predicted octanol–water partition coefficient (Wildman–Crippen LogP) is 3.89. The van der Waals surface area contributed by atoms with Crippen LogP contribution in [0, 0.1) is 5.92 Å². The fourth-order valence-corrected chi connectivity index (χ4v) is 3.24. The van der Waals surface area contributed by atoms with Gasteiger partial charge in [0.15, 0.2) is 0 Å². The van der Waals surface area contributed by atoms with E-state index in [9.17, 15) is 18.3 Å². The highest BCUT2D eigenvalue weighted by molar-refractivity contribution is 5.89. The molecule has 1 unspecified atom stereocenters. The molecule has 0 aliphatic carbocycles. The molecule has 3 rings (SSSR count). The van der Waals surface area contributed by atoms with Crippen molar-refractivity contribution in [1.29, 1.82) is 0 Å². The maximum absolute atomic E-state index is 13.1. The van der Waals surface area contributed by atoms with Crippen LogP contribution in [0.1, 0.15) is 30.1 Å². The zero-order valence-corrected chi connectivity index (χ0v) is 12.0. The zero-order valence-electron chi connectivity index (χ0n) is 12.0. The van der Waals surface area contributed by atoms with Crippen molar-refractivity contribution in [2.45, 2.75) is 25.1 Å². The number of fused-ring (bicyclic) bond motifs is 1. The first kappa shape index (κ1) is 15.3. The Kier molecular flexibility index (Phi) is 4.10. The summed E-state index contributed by atoms with van der Waals surface area (Å²) in [5.41, 5.74) is -0.0557. The molecule has 5 heteroatoms. The average Bonchev–Trinajstić information content (AvgIpc) is 2.53. The standard InChI is InChI=1S/C17H18F3NO/c18-17(19,20)15-6-5-14(12-3-1-2-4-13(12)15)16(22)11-7-9-21-10-8-11/h1-6,11,16,21-22H,7-10H2. The smallest absolute Gasteiger partial charge is 0.388 e. The zero-order chi connectivity index (χ0) is 15.7. The van der Waals surface area contributed by atoms with E-state index < -0.39 is 17.8 Å². The Balaban J connectivity index is 2.07. The van der Waals surface area contributed by atoms with E-state index in [1.807, 2.05) is 0 Å². The summed E-state index contributed by atoms with van der Waals surface area (Å²) in [4.78, 5) is 0. The number of nitrogens with one attached hydrogen (secondary N) is 1. The van der Waals surface area contributed by atoms with Crippen LogP contribution in [-0.2, 0) is 6.18 Å². The quantitative estimate of drug-likeness (QED) is 0.882. The Morgan fingerprint density at radius 3 is 2.27 bits per heavy atom. The molecule has 1 fully saturated rings. The molecule has 1 aliphatic rings. The lowest BCUT2D eigenvalue weighted by Crippen LogP contribution is -2.31. The van der Waals surface area contributed by atoms with Crippen molar-refractivity contribution in [1.82, 2.24) is 5.32 Å². The predicted molar refractivity (Wildman–Crippen MR) is 79.5 cm³/mol. The maximum atomic E-state index is 13.1. The lowest BCUT2D eigenvalue weighted by atomic mass is 9.85.